The zero-order chi connectivity index (χ0) is 12.4. The van der Waals surface area contributed by atoms with Gasteiger partial charge in [-0.1, -0.05) is 0 Å². The molecule has 0 bridgehead atoms. The van der Waals surface area contributed by atoms with Gasteiger partial charge < -0.3 is 5.73 Å². The summed E-state index contributed by atoms with van der Waals surface area (Å²) in [4.78, 5) is 8.31. The molecule has 0 spiro atoms. The lowest BCUT2D eigenvalue weighted by atomic mass is 10.2. The van der Waals surface area contributed by atoms with E-state index in [1.54, 1.807) is 12.4 Å². The summed E-state index contributed by atoms with van der Waals surface area (Å²) in [5, 5.41) is 4.59. The van der Waals surface area contributed by atoms with Crippen molar-refractivity contribution in [2.24, 2.45) is 5.73 Å². The van der Waals surface area contributed by atoms with Crippen molar-refractivity contribution in [3.63, 3.8) is 0 Å². The summed E-state index contributed by atoms with van der Waals surface area (Å²) in [6.45, 7) is 0.592. The summed E-state index contributed by atoms with van der Waals surface area (Å²) in [6.07, 6.45) is 6.12. The minimum absolute atomic E-state index is 0.592. The predicted octanol–water partition coefficient (Wildman–Crippen LogP) is 1.29. The summed E-state index contributed by atoms with van der Waals surface area (Å²) in [7, 11) is 0. The van der Waals surface area contributed by atoms with E-state index in [0.717, 1.165) is 29.0 Å². The molecule has 0 saturated carbocycles. The van der Waals surface area contributed by atoms with E-state index in [1.165, 1.54) is 0 Å². The van der Waals surface area contributed by atoms with Crippen LogP contribution in [0.2, 0.25) is 0 Å². The van der Waals surface area contributed by atoms with E-state index in [4.69, 9.17) is 5.73 Å². The first kappa shape index (κ1) is 10.9. The van der Waals surface area contributed by atoms with Gasteiger partial charge in [-0.05, 0) is 30.8 Å². The lowest BCUT2D eigenvalue weighted by molar-refractivity contribution is 0.830. The molecule has 18 heavy (non-hydrogen) atoms. The van der Waals surface area contributed by atoms with Crippen molar-refractivity contribution in [3.05, 3.63) is 48.5 Å². The third-order valence-corrected chi connectivity index (χ3v) is 2.81. The van der Waals surface area contributed by atoms with Crippen LogP contribution >= 0.6 is 0 Å². The van der Waals surface area contributed by atoms with Gasteiger partial charge >= 0.3 is 0 Å². The number of fused-ring (bicyclic) bond motifs is 1. The third kappa shape index (κ3) is 1.84. The average Bonchev–Trinajstić information content (AvgIpc) is 2.83. The Balaban J connectivity index is 2.12. The Morgan fingerprint density at radius 3 is 2.72 bits per heavy atom. The molecule has 3 aromatic heterocycles. The van der Waals surface area contributed by atoms with Gasteiger partial charge in [-0.3, -0.25) is 4.98 Å². The molecule has 90 valence electrons. The Labute approximate surface area is 104 Å². The zero-order valence-electron chi connectivity index (χ0n) is 9.82. The first-order valence-electron chi connectivity index (χ1n) is 5.82. The molecule has 0 saturated heterocycles. The van der Waals surface area contributed by atoms with Crippen LogP contribution in [0.5, 0.6) is 0 Å². The van der Waals surface area contributed by atoms with Gasteiger partial charge in [0.25, 0.3) is 0 Å². The maximum absolute atomic E-state index is 5.58. The fraction of sp³-hybridized carbons (Fsp3) is 0.154. The van der Waals surface area contributed by atoms with E-state index in [2.05, 4.69) is 15.1 Å². The number of nitrogens with two attached hydrogens (primary N) is 1. The van der Waals surface area contributed by atoms with E-state index in [0.29, 0.717) is 6.54 Å². The Morgan fingerprint density at radius 2 is 1.94 bits per heavy atom. The molecule has 0 aliphatic carbocycles. The van der Waals surface area contributed by atoms with Crippen molar-refractivity contribution < 1.29 is 0 Å². The highest BCUT2D eigenvalue weighted by atomic mass is 15.3. The number of hydrogen-bond donors (Lipinski definition) is 1. The summed E-state index contributed by atoms with van der Waals surface area (Å²) in [6, 6.07) is 7.80. The predicted molar refractivity (Wildman–Crippen MR) is 69.0 cm³/mol. The van der Waals surface area contributed by atoms with E-state index >= 15 is 0 Å². The van der Waals surface area contributed by atoms with Crippen LogP contribution in [0.15, 0.2) is 42.9 Å². The van der Waals surface area contributed by atoms with Crippen LogP contribution in [0.4, 0.5) is 0 Å². The van der Waals surface area contributed by atoms with Crippen molar-refractivity contribution >= 4 is 5.65 Å². The van der Waals surface area contributed by atoms with Gasteiger partial charge in [0.15, 0.2) is 5.65 Å². The van der Waals surface area contributed by atoms with E-state index in [-0.39, 0.29) is 0 Å². The second-order valence-electron chi connectivity index (χ2n) is 4.01. The van der Waals surface area contributed by atoms with Crippen LogP contribution in [0.25, 0.3) is 16.9 Å². The first-order valence-corrected chi connectivity index (χ1v) is 5.82. The molecule has 3 aromatic rings. The Hall–Kier alpha value is -2.27. The van der Waals surface area contributed by atoms with Gasteiger partial charge in [-0.25, -0.2) is 9.50 Å². The molecule has 2 N–H and O–H groups in total. The smallest absolute Gasteiger partial charge is 0.153 e. The molecule has 0 amide bonds. The first-order chi connectivity index (χ1) is 8.88. The molecule has 0 aromatic carbocycles. The molecule has 0 radical (unpaired) electrons. The minimum atomic E-state index is 0.592. The zero-order valence-corrected chi connectivity index (χ0v) is 9.82. The quantitative estimate of drug-likeness (QED) is 0.747. The molecular weight excluding hydrogens is 226 g/mol. The van der Waals surface area contributed by atoms with Crippen LogP contribution in [-0.4, -0.2) is 26.1 Å². The molecule has 0 aliphatic rings. The molecule has 0 fully saturated rings. The standard InChI is InChI=1S/C13H13N5/c14-6-3-11-9-16-13-2-1-12(17-18(11)13)10-4-7-15-8-5-10/h1-2,4-5,7-9H,3,6,14H2. The molecule has 0 atom stereocenters. The summed E-state index contributed by atoms with van der Waals surface area (Å²) in [5.41, 5.74) is 9.40. The number of nitrogens with zero attached hydrogens (tertiary/aromatic N) is 4. The summed E-state index contributed by atoms with van der Waals surface area (Å²) < 4.78 is 1.85. The second-order valence-corrected chi connectivity index (χ2v) is 4.01. The van der Waals surface area contributed by atoms with E-state index < -0.39 is 0 Å². The van der Waals surface area contributed by atoms with Crippen LogP contribution in [0.1, 0.15) is 5.69 Å². The lowest BCUT2D eigenvalue weighted by Gasteiger charge is -2.03. The third-order valence-electron chi connectivity index (χ3n) is 2.81. The molecule has 5 heteroatoms. The largest absolute Gasteiger partial charge is 0.330 e. The molecule has 0 unspecified atom stereocenters. The number of aromatic nitrogens is 4. The van der Waals surface area contributed by atoms with Gasteiger partial charge in [0.1, 0.15) is 0 Å². The fourth-order valence-corrected chi connectivity index (χ4v) is 1.92. The number of pyridine rings is 1. The highest BCUT2D eigenvalue weighted by molar-refractivity contribution is 5.59. The van der Waals surface area contributed by atoms with Gasteiger partial charge in [-0.2, -0.15) is 5.10 Å². The average molecular weight is 239 g/mol. The van der Waals surface area contributed by atoms with Crippen molar-refractivity contribution in [1.29, 1.82) is 0 Å². The maximum atomic E-state index is 5.58. The van der Waals surface area contributed by atoms with Gasteiger partial charge in [-0.15, -0.1) is 0 Å². The van der Waals surface area contributed by atoms with Crippen LogP contribution in [-0.2, 0) is 6.42 Å². The topological polar surface area (TPSA) is 69.1 Å². The van der Waals surface area contributed by atoms with Gasteiger partial charge in [0.05, 0.1) is 17.6 Å². The maximum Gasteiger partial charge on any atom is 0.153 e. The van der Waals surface area contributed by atoms with Gasteiger partial charge in [0.2, 0.25) is 0 Å². The second kappa shape index (κ2) is 4.54. The van der Waals surface area contributed by atoms with Gasteiger partial charge in [0, 0.05) is 24.4 Å². The molecule has 0 aliphatic heterocycles. The summed E-state index contributed by atoms with van der Waals surface area (Å²) in [5.74, 6) is 0. The molecule has 3 heterocycles. The summed E-state index contributed by atoms with van der Waals surface area (Å²) >= 11 is 0. The van der Waals surface area contributed by atoms with Crippen molar-refractivity contribution in [2.45, 2.75) is 6.42 Å². The number of hydrogen-bond acceptors (Lipinski definition) is 4. The minimum Gasteiger partial charge on any atom is -0.330 e. The highest BCUT2D eigenvalue weighted by Crippen LogP contribution is 2.16. The Bertz CT molecular complexity index is 659. The van der Waals surface area contributed by atoms with Crippen molar-refractivity contribution in [2.75, 3.05) is 6.54 Å². The number of imidazole rings is 1. The van der Waals surface area contributed by atoms with Crippen LogP contribution in [0.3, 0.4) is 0 Å². The van der Waals surface area contributed by atoms with E-state index in [1.807, 2.05) is 35.0 Å². The molecule has 5 nitrogen and oxygen atoms in total. The lowest BCUT2D eigenvalue weighted by Crippen LogP contribution is -2.06. The SMILES string of the molecule is NCCc1cnc2ccc(-c3ccncc3)nn12. The van der Waals surface area contributed by atoms with Crippen molar-refractivity contribution in [1.82, 2.24) is 19.6 Å². The Kier molecular flexibility index (Phi) is 2.74. The monoisotopic (exact) mass is 239 g/mol. The van der Waals surface area contributed by atoms with Crippen LogP contribution in [0, 0.1) is 0 Å². The fourth-order valence-electron chi connectivity index (χ4n) is 1.92. The molecule has 3 rings (SSSR count). The highest BCUT2D eigenvalue weighted by Gasteiger charge is 2.06. The normalized spacial score (nSPS) is 10.9. The van der Waals surface area contributed by atoms with Crippen molar-refractivity contribution in [3.8, 4) is 11.3 Å². The van der Waals surface area contributed by atoms with Crippen LogP contribution < -0.4 is 5.73 Å². The van der Waals surface area contributed by atoms with E-state index in [9.17, 15) is 0 Å². The number of rotatable bonds is 3. The Morgan fingerprint density at radius 1 is 1.11 bits per heavy atom. The molecular formula is C13H13N5.